The monoisotopic (exact) mass is 364 g/mol. The molecule has 0 bridgehead atoms. The fourth-order valence-corrected chi connectivity index (χ4v) is 2.67. The number of nitro benzene ring substituents is 1. The lowest BCUT2D eigenvalue weighted by Gasteiger charge is -2.12. The van der Waals surface area contributed by atoms with Gasteiger partial charge >= 0.3 is 0 Å². The van der Waals surface area contributed by atoms with Crippen molar-refractivity contribution in [3.8, 4) is 0 Å². The Morgan fingerprint density at radius 2 is 2.27 bits per heavy atom. The molecular weight excluding hydrogens is 336 g/mol. The lowest BCUT2D eigenvalue weighted by Crippen LogP contribution is -2.38. The third-order valence-corrected chi connectivity index (χ3v) is 4.08. The molecule has 2 N–H and O–H groups in total. The molecule has 1 aromatic rings. The third-order valence-electron chi connectivity index (χ3n) is 4.08. The predicted molar refractivity (Wildman–Crippen MR) is 100 cm³/mol. The van der Waals surface area contributed by atoms with Crippen molar-refractivity contribution < 1.29 is 14.4 Å². The molecule has 0 spiro atoms. The predicted octanol–water partition coefficient (Wildman–Crippen LogP) is 2.09. The molecule has 1 atom stereocenters. The molecule has 0 radical (unpaired) electrons. The topological polar surface area (TPSA) is 98.0 Å². The van der Waals surface area contributed by atoms with Gasteiger partial charge in [0.2, 0.25) is 0 Å². The highest BCUT2D eigenvalue weighted by atomic mass is 16.6. The zero-order valence-electron chi connectivity index (χ0n) is 15.3. The van der Waals surface area contributed by atoms with Crippen molar-refractivity contribution in [3.05, 3.63) is 39.9 Å². The Morgan fingerprint density at radius 3 is 3.00 bits per heavy atom. The molecule has 1 heterocycles. The number of rotatable bonds is 10. The quantitative estimate of drug-likeness (QED) is 0.217. The van der Waals surface area contributed by atoms with Crippen LogP contribution in [0.1, 0.15) is 25.3 Å². The summed E-state index contributed by atoms with van der Waals surface area (Å²) in [5.41, 5.74) is 0.688. The van der Waals surface area contributed by atoms with Crippen LogP contribution in [0.3, 0.4) is 0 Å². The second kappa shape index (κ2) is 11.4. The average molecular weight is 364 g/mol. The van der Waals surface area contributed by atoms with Gasteiger partial charge in [0.15, 0.2) is 5.96 Å². The van der Waals surface area contributed by atoms with Gasteiger partial charge in [-0.1, -0.05) is 18.2 Å². The molecule has 0 amide bonds. The number of hydrogen-bond donors (Lipinski definition) is 2. The van der Waals surface area contributed by atoms with Crippen LogP contribution in [-0.2, 0) is 16.0 Å². The van der Waals surface area contributed by atoms with E-state index in [4.69, 9.17) is 9.47 Å². The fourth-order valence-electron chi connectivity index (χ4n) is 2.67. The van der Waals surface area contributed by atoms with Gasteiger partial charge < -0.3 is 20.1 Å². The summed E-state index contributed by atoms with van der Waals surface area (Å²) in [7, 11) is 0. The van der Waals surface area contributed by atoms with Gasteiger partial charge in [-0.2, -0.15) is 0 Å². The van der Waals surface area contributed by atoms with Crippen LogP contribution in [0.25, 0.3) is 0 Å². The van der Waals surface area contributed by atoms with Crippen molar-refractivity contribution in [1.29, 1.82) is 0 Å². The fraction of sp³-hybridized carbons (Fsp3) is 0.611. The summed E-state index contributed by atoms with van der Waals surface area (Å²) in [6.45, 7) is 6.78. The van der Waals surface area contributed by atoms with E-state index in [1.54, 1.807) is 18.2 Å². The van der Waals surface area contributed by atoms with E-state index < -0.39 is 0 Å². The molecule has 1 aliphatic rings. The second-order valence-corrected chi connectivity index (χ2v) is 6.17. The lowest BCUT2D eigenvalue weighted by atomic mass is 10.1. The molecule has 0 saturated carbocycles. The Morgan fingerprint density at radius 1 is 1.42 bits per heavy atom. The van der Waals surface area contributed by atoms with Crippen molar-refractivity contribution in [2.75, 3.05) is 39.5 Å². The molecule has 0 aliphatic carbocycles. The maximum Gasteiger partial charge on any atom is 0.274 e. The van der Waals surface area contributed by atoms with Gasteiger partial charge in [-0.25, -0.2) is 4.99 Å². The molecule has 0 aromatic heterocycles. The van der Waals surface area contributed by atoms with Gasteiger partial charge in [0.25, 0.3) is 5.69 Å². The standard InChI is InChI=1S/C18H28N4O4/c1-2-19-18(20-9-5-10-25-13-15-8-11-26-14-15)21-12-16-6-3-4-7-17(16)22(23)24/h3-4,6-7,15H,2,5,8-14H2,1H3,(H2,19,20,21). The molecule has 1 unspecified atom stereocenters. The van der Waals surface area contributed by atoms with E-state index in [-0.39, 0.29) is 17.2 Å². The maximum atomic E-state index is 11.1. The summed E-state index contributed by atoms with van der Waals surface area (Å²) in [5, 5.41) is 17.4. The van der Waals surface area contributed by atoms with Crippen LogP contribution in [0.5, 0.6) is 0 Å². The van der Waals surface area contributed by atoms with Crippen molar-refractivity contribution in [1.82, 2.24) is 10.6 Å². The Labute approximate surface area is 154 Å². The van der Waals surface area contributed by atoms with Crippen molar-refractivity contribution in [2.45, 2.75) is 26.3 Å². The molecule has 1 aromatic carbocycles. The van der Waals surface area contributed by atoms with Crippen LogP contribution in [0.15, 0.2) is 29.3 Å². The van der Waals surface area contributed by atoms with Crippen molar-refractivity contribution in [3.63, 3.8) is 0 Å². The number of nitrogens with zero attached hydrogens (tertiary/aromatic N) is 2. The van der Waals surface area contributed by atoms with Gasteiger partial charge in [-0.3, -0.25) is 10.1 Å². The molecule has 1 fully saturated rings. The number of para-hydroxylation sites is 1. The Kier molecular flexibility index (Phi) is 8.85. The normalized spacial score (nSPS) is 17.3. The lowest BCUT2D eigenvalue weighted by molar-refractivity contribution is -0.385. The van der Waals surface area contributed by atoms with E-state index in [0.29, 0.717) is 24.0 Å². The molecule has 8 heteroatoms. The third kappa shape index (κ3) is 6.97. The largest absolute Gasteiger partial charge is 0.381 e. The average Bonchev–Trinajstić information content (AvgIpc) is 3.16. The van der Waals surface area contributed by atoms with Crippen molar-refractivity contribution >= 4 is 11.6 Å². The number of ether oxygens (including phenoxy) is 2. The summed E-state index contributed by atoms with van der Waals surface area (Å²) in [4.78, 5) is 15.1. The van der Waals surface area contributed by atoms with Gasteiger partial charge in [-0.05, 0) is 19.8 Å². The van der Waals surface area contributed by atoms with E-state index in [2.05, 4.69) is 15.6 Å². The summed E-state index contributed by atoms with van der Waals surface area (Å²) in [6, 6.07) is 6.67. The van der Waals surface area contributed by atoms with E-state index in [1.165, 1.54) is 6.07 Å². The van der Waals surface area contributed by atoms with Crippen LogP contribution in [0.4, 0.5) is 5.69 Å². The number of nitro groups is 1. The van der Waals surface area contributed by atoms with E-state index in [1.807, 2.05) is 6.92 Å². The highest BCUT2D eigenvalue weighted by Gasteiger charge is 2.15. The van der Waals surface area contributed by atoms with Crippen molar-refractivity contribution in [2.24, 2.45) is 10.9 Å². The zero-order chi connectivity index (χ0) is 18.6. The summed E-state index contributed by atoms with van der Waals surface area (Å²) >= 11 is 0. The van der Waals surface area contributed by atoms with Gasteiger partial charge in [0.1, 0.15) is 0 Å². The van der Waals surface area contributed by atoms with Crippen LogP contribution in [0, 0.1) is 16.0 Å². The van der Waals surface area contributed by atoms with Gasteiger partial charge in [0.05, 0.1) is 30.2 Å². The first kappa shape index (κ1) is 20.1. The number of hydrogen-bond acceptors (Lipinski definition) is 5. The first-order valence-corrected chi connectivity index (χ1v) is 9.10. The van der Waals surface area contributed by atoms with Crippen LogP contribution >= 0.6 is 0 Å². The highest BCUT2D eigenvalue weighted by Crippen LogP contribution is 2.18. The van der Waals surface area contributed by atoms with Crippen LogP contribution in [0.2, 0.25) is 0 Å². The minimum atomic E-state index is -0.377. The molecule has 2 rings (SSSR count). The molecule has 1 saturated heterocycles. The maximum absolute atomic E-state index is 11.1. The smallest absolute Gasteiger partial charge is 0.274 e. The minimum Gasteiger partial charge on any atom is -0.381 e. The van der Waals surface area contributed by atoms with E-state index in [9.17, 15) is 10.1 Å². The number of benzene rings is 1. The number of guanidine groups is 1. The molecule has 8 nitrogen and oxygen atoms in total. The summed E-state index contributed by atoms with van der Waals surface area (Å²) in [6.07, 6.45) is 1.95. The highest BCUT2D eigenvalue weighted by molar-refractivity contribution is 5.79. The molecular formula is C18H28N4O4. The minimum absolute atomic E-state index is 0.0939. The van der Waals surface area contributed by atoms with E-state index in [0.717, 1.165) is 45.8 Å². The molecule has 1 aliphatic heterocycles. The summed E-state index contributed by atoms with van der Waals surface area (Å²) in [5.74, 6) is 1.18. The first-order valence-electron chi connectivity index (χ1n) is 9.10. The zero-order valence-corrected chi connectivity index (χ0v) is 15.3. The Hall–Kier alpha value is -2.19. The molecule has 26 heavy (non-hydrogen) atoms. The van der Waals surface area contributed by atoms with E-state index >= 15 is 0 Å². The number of nitrogens with one attached hydrogen (secondary N) is 2. The summed E-state index contributed by atoms with van der Waals surface area (Å²) < 4.78 is 11.0. The molecule has 144 valence electrons. The Bertz CT molecular complexity index is 588. The second-order valence-electron chi connectivity index (χ2n) is 6.17. The Balaban J connectivity index is 1.73. The SMILES string of the molecule is CCNC(=NCc1ccccc1[N+](=O)[O-])NCCCOCC1CCOC1. The van der Waals surface area contributed by atoms with Crippen LogP contribution in [-0.4, -0.2) is 50.4 Å². The number of aliphatic imine (C=N–C) groups is 1. The van der Waals surface area contributed by atoms with Gasteiger partial charge in [-0.15, -0.1) is 0 Å². The first-order chi connectivity index (χ1) is 12.7. The van der Waals surface area contributed by atoms with Gasteiger partial charge in [0, 0.05) is 38.3 Å². The van der Waals surface area contributed by atoms with Crippen LogP contribution < -0.4 is 10.6 Å².